The van der Waals surface area contributed by atoms with Gasteiger partial charge in [0.05, 0.1) is 0 Å². The quantitative estimate of drug-likeness (QED) is 0.865. The van der Waals surface area contributed by atoms with E-state index in [4.69, 9.17) is 10.5 Å². The van der Waals surface area contributed by atoms with E-state index in [0.717, 1.165) is 39.3 Å². The molecular weight excluding hydrogens is 278 g/mol. The number of amides is 1. The first-order chi connectivity index (χ1) is 10.1. The van der Waals surface area contributed by atoms with Crippen LogP contribution in [-0.4, -0.2) is 60.8 Å². The maximum absolute atomic E-state index is 12.0. The van der Waals surface area contributed by atoms with Crippen LogP contribution in [0.3, 0.4) is 0 Å². The molecule has 0 radical (unpaired) electrons. The molecule has 1 saturated carbocycles. The second-order valence-electron chi connectivity index (χ2n) is 8.60. The van der Waals surface area contributed by atoms with Crippen LogP contribution in [0.1, 0.15) is 47.5 Å². The van der Waals surface area contributed by atoms with Gasteiger partial charge in [-0.2, -0.15) is 0 Å². The molecule has 0 bridgehead atoms. The van der Waals surface area contributed by atoms with Gasteiger partial charge in [-0.25, -0.2) is 4.79 Å². The van der Waals surface area contributed by atoms with Crippen molar-refractivity contribution in [2.45, 2.75) is 53.1 Å². The second-order valence-corrected chi connectivity index (χ2v) is 8.60. The number of hydrogen-bond donors (Lipinski definition) is 1. The monoisotopic (exact) mass is 311 g/mol. The highest BCUT2D eigenvalue weighted by Gasteiger charge is 2.59. The molecule has 1 amide bonds. The Hall–Kier alpha value is -0.810. The van der Waals surface area contributed by atoms with Gasteiger partial charge in [-0.3, -0.25) is 4.90 Å². The molecule has 2 fully saturated rings. The summed E-state index contributed by atoms with van der Waals surface area (Å²) in [6.07, 6.45) is 2.23. The van der Waals surface area contributed by atoms with Crippen LogP contribution in [0.25, 0.3) is 0 Å². The fraction of sp³-hybridized carbons (Fsp3) is 0.941. The van der Waals surface area contributed by atoms with E-state index in [1.165, 1.54) is 12.8 Å². The average Bonchev–Trinajstić information content (AvgIpc) is 2.97. The van der Waals surface area contributed by atoms with Gasteiger partial charge in [0, 0.05) is 26.2 Å². The topological polar surface area (TPSA) is 58.8 Å². The molecule has 128 valence electrons. The third kappa shape index (κ3) is 3.93. The van der Waals surface area contributed by atoms with Crippen LogP contribution in [0.2, 0.25) is 0 Å². The highest BCUT2D eigenvalue weighted by Crippen LogP contribution is 2.64. The van der Waals surface area contributed by atoms with Crippen molar-refractivity contribution in [2.75, 3.05) is 39.3 Å². The maximum Gasteiger partial charge on any atom is 0.410 e. The van der Waals surface area contributed by atoms with Crippen LogP contribution in [0.4, 0.5) is 4.79 Å². The molecule has 2 rings (SSSR count). The molecule has 2 N–H and O–H groups in total. The standard InChI is InChI=1S/C17H33N3O2/c1-15(2,3)22-14(21)20-10-8-19(9-11-20)7-6-17(13-18)12-16(17,4)5/h6-13,18H2,1-5H3. The summed E-state index contributed by atoms with van der Waals surface area (Å²) < 4.78 is 5.43. The zero-order valence-corrected chi connectivity index (χ0v) is 14.9. The van der Waals surface area contributed by atoms with Gasteiger partial charge in [0.25, 0.3) is 0 Å². The Kier molecular flexibility index (Phi) is 4.79. The summed E-state index contributed by atoms with van der Waals surface area (Å²) in [5.41, 5.74) is 6.32. The number of carbonyl (C=O) groups is 1. The van der Waals surface area contributed by atoms with Gasteiger partial charge in [-0.15, -0.1) is 0 Å². The molecule has 5 nitrogen and oxygen atoms in total. The van der Waals surface area contributed by atoms with Crippen LogP contribution in [0.5, 0.6) is 0 Å². The van der Waals surface area contributed by atoms with E-state index in [0.29, 0.717) is 10.8 Å². The van der Waals surface area contributed by atoms with Crippen molar-refractivity contribution in [1.82, 2.24) is 9.80 Å². The largest absolute Gasteiger partial charge is 0.444 e. The minimum atomic E-state index is -0.417. The summed E-state index contributed by atoms with van der Waals surface area (Å²) in [6, 6.07) is 0. The molecular formula is C17H33N3O2. The molecule has 0 aromatic carbocycles. The van der Waals surface area contributed by atoms with E-state index in [1.54, 1.807) is 0 Å². The fourth-order valence-corrected chi connectivity index (χ4v) is 3.53. The first-order valence-electron chi connectivity index (χ1n) is 8.49. The SMILES string of the molecule is CC(C)(C)OC(=O)N1CCN(CCC2(CN)CC2(C)C)CC1. The molecule has 1 unspecified atom stereocenters. The van der Waals surface area contributed by atoms with Gasteiger partial charge in [-0.05, 0) is 57.5 Å². The van der Waals surface area contributed by atoms with Gasteiger partial charge in [0.1, 0.15) is 5.60 Å². The highest BCUT2D eigenvalue weighted by molar-refractivity contribution is 5.68. The van der Waals surface area contributed by atoms with Crippen LogP contribution in [0.15, 0.2) is 0 Å². The van der Waals surface area contributed by atoms with Crippen LogP contribution in [0, 0.1) is 10.8 Å². The lowest BCUT2D eigenvalue weighted by molar-refractivity contribution is 0.0139. The smallest absolute Gasteiger partial charge is 0.410 e. The lowest BCUT2D eigenvalue weighted by Gasteiger charge is -2.36. The number of hydrogen-bond acceptors (Lipinski definition) is 4. The van der Waals surface area contributed by atoms with Crippen LogP contribution in [-0.2, 0) is 4.74 Å². The minimum Gasteiger partial charge on any atom is -0.444 e. The summed E-state index contributed by atoms with van der Waals surface area (Å²) in [5, 5.41) is 0. The third-order valence-electron chi connectivity index (χ3n) is 5.41. The zero-order chi connectivity index (χ0) is 16.6. The molecule has 1 aliphatic carbocycles. The van der Waals surface area contributed by atoms with Gasteiger partial charge in [0.2, 0.25) is 0 Å². The highest BCUT2D eigenvalue weighted by atomic mass is 16.6. The normalized spacial score (nSPS) is 28.5. The first-order valence-corrected chi connectivity index (χ1v) is 8.49. The third-order valence-corrected chi connectivity index (χ3v) is 5.41. The fourth-order valence-electron chi connectivity index (χ4n) is 3.53. The van der Waals surface area contributed by atoms with E-state index in [1.807, 2.05) is 25.7 Å². The Morgan fingerprint density at radius 2 is 1.73 bits per heavy atom. The summed E-state index contributed by atoms with van der Waals surface area (Å²) in [4.78, 5) is 16.3. The Bertz CT molecular complexity index is 409. The summed E-state index contributed by atoms with van der Waals surface area (Å²) in [7, 11) is 0. The van der Waals surface area contributed by atoms with Crippen molar-refractivity contribution in [2.24, 2.45) is 16.6 Å². The second kappa shape index (κ2) is 6.00. The molecule has 5 heteroatoms. The van der Waals surface area contributed by atoms with Crippen LogP contribution < -0.4 is 5.73 Å². The zero-order valence-electron chi connectivity index (χ0n) is 14.9. The number of nitrogens with two attached hydrogens (primary N) is 1. The Balaban J connectivity index is 1.73. The number of rotatable bonds is 4. The summed E-state index contributed by atoms with van der Waals surface area (Å²) >= 11 is 0. The van der Waals surface area contributed by atoms with Gasteiger partial charge >= 0.3 is 6.09 Å². The van der Waals surface area contributed by atoms with Crippen molar-refractivity contribution in [3.63, 3.8) is 0 Å². The predicted octanol–water partition coefficient (Wildman–Crippen LogP) is 2.30. The molecule has 22 heavy (non-hydrogen) atoms. The van der Waals surface area contributed by atoms with Crippen molar-refractivity contribution < 1.29 is 9.53 Å². The Labute approximate surface area is 135 Å². The van der Waals surface area contributed by atoms with Crippen molar-refractivity contribution in [1.29, 1.82) is 0 Å². The number of nitrogens with zero attached hydrogens (tertiary/aromatic N) is 2. The molecule has 0 aromatic heterocycles. The number of piperazine rings is 1. The minimum absolute atomic E-state index is 0.186. The van der Waals surface area contributed by atoms with E-state index >= 15 is 0 Å². The van der Waals surface area contributed by atoms with Gasteiger partial charge in [0.15, 0.2) is 0 Å². The van der Waals surface area contributed by atoms with Crippen molar-refractivity contribution in [3.05, 3.63) is 0 Å². The molecule has 0 spiro atoms. The summed E-state index contributed by atoms with van der Waals surface area (Å²) in [6.45, 7) is 15.6. The van der Waals surface area contributed by atoms with Crippen molar-refractivity contribution >= 4 is 6.09 Å². The predicted molar refractivity (Wildman–Crippen MR) is 88.7 cm³/mol. The Morgan fingerprint density at radius 1 is 1.18 bits per heavy atom. The molecule has 1 atom stereocenters. The van der Waals surface area contributed by atoms with Gasteiger partial charge in [-0.1, -0.05) is 13.8 Å². The lowest BCUT2D eigenvalue weighted by atomic mass is 9.92. The summed E-state index contributed by atoms with van der Waals surface area (Å²) in [5.74, 6) is 0. The van der Waals surface area contributed by atoms with E-state index < -0.39 is 5.60 Å². The number of carbonyl (C=O) groups excluding carboxylic acids is 1. The van der Waals surface area contributed by atoms with E-state index in [9.17, 15) is 4.79 Å². The van der Waals surface area contributed by atoms with Crippen LogP contribution >= 0.6 is 0 Å². The van der Waals surface area contributed by atoms with E-state index in [-0.39, 0.29) is 6.09 Å². The number of ether oxygens (including phenoxy) is 1. The molecule has 2 aliphatic rings. The molecule has 1 heterocycles. The van der Waals surface area contributed by atoms with E-state index in [2.05, 4.69) is 18.7 Å². The Morgan fingerprint density at radius 3 is 2.14 bits per heavy atom. The first kappa shape index (κ1) is 17.5. The average molecular weight is 311 g/mol. The molecule has 1 aliphatic heterocycles. The lowest BCUT2D eigenvalue weighted by Crippen LogP contribution is -2.50. The van der Waals surface area contributed by atoms with Gasteiger partial charge < -0.3 is 15.4 Å². The maximum atomic E-state index is 12.0. The molecule has 1 saturated heterocycles. The molecule has 0 aromatic rings. The van der Waals surface area contributed by atoms with Crippen molar-refractivity contribution in [3.8, 4) is 0 Å².